The van der Waals surface area contributed by atoms with Crippen LogP contribution >= 0.6 is 0 Å². The van der Waals surface area contributed by atoms with Crippen molar-refractivity contribution in [1.82, 2.24) is 4.98 Å². The van der Waals surface area contributed by atoms with Crippen molar-refractivity contribution in [2.75, 3.05) is 28.7 Å². The minimum absolute atomic E-state index is 0.103. The highest BCUT2D eigenvalue weighted by Gasteiger charge is 2.30. The summed E-state index contributed by atoms with van der Waals surface area (Å²) in [6, 6.07) is 12.4. The SMILES string of the molecule is C[C@H]1CC(=O)Nc2ccccc2N1C(=O)CN(C)c1ccc(C#N)cn1. The number of fused-ring (bicyclic) bond motifs is 1. The summed E-state index contributed by atoms with van der Waals surface area (Å²) in [5.74, 6) is 0.361. The lowest BCUT2D eigenvalue weighted by Gasteiger charge is -2.30. The minimum atomic E-state index is -0.256. The standard InChI is InChI=1S/C19H19N5O2/c1-13-9-18(25)22-15-5-3-4-6-16(15)24(13)19(26)12-23(2)17-8-7-14(10-20)11-21-17/h3-8,11,13H,9,12H2,1-2H3,(H,22,25)/t13-/m0/s1. The van der Waals surface area contributed by atoms with E-state index in [1.807, 2.05) is 31.2 Å². The van der Waals surface area contributed by atoms with E-state index in [0.717, 1.165) is 0 Å². The van der Waals surface area contributed by atoms with Crippen LogP contribution in [-0.4, -0.2) is 36.4 Å². The maximum atomic E-state index is 13.0. The van der Waals surface area contributed by atoms with Gasteiger partial charge in [0.1, 0.15) is 11.9 Å². The van der Waals surface area contributed by atoms with Gasteiger partial charge < -0.3 is 15.1 Å². The van der Waals surface area contributed by atoms with Crippen molar-refractivity contribution in [3.63, 3.8) is 0 Å². The van der Waals surface area contributed by atoms with Crippen LogP contribution in [-0.2, 0) is 9.59 Å². The molecule has 0 spiro atoms. The Hall–Kier alpha value is -3.40. The van der Waals surface area contributed by atoms with E-state index in [1.54, 1.807) is 35.0 Å². The summed E-state index contributed by atoms with van der Waals surface area (Å²) in [6.45, 7) is 1.96. The molecule has 1 aromatic heterocycles. The third-order valence-corrected chi connectivity index (χ3v) is 4.27. The van der Waals surface area contributed by atoms with Crippen LogP contribution < -0.4 is 15.1 Å². The number of aromatic nitrogens is 1. The van der Waals surface area contributed by atoms with Crippen LogP contribution in [0.1, 0.15) is 18.9 Å². The van der Waals surface area contributed by atoms with Crippen LogP contribution in [0.2, 0.25) is 0 Å². The molecule has 2 aromatic rings. The van der Waals surface area contributed by atoms with Crippen molar-refractivity contribution in [1.29, 1.82) is 5.26 Å². The maximum Gasteiger partial charge on any atom is 0.246 e. The van der Waals surface area contributed by atoms with Gasteiger partial charge in [-0.2, -0.15) is 5.26 Å². The van der Waals surface area contributed by atoms with Crippen LogP contribution in [0.4, 0.5) is 17.2 Å². The first kappa shape index (κ1) is 17.4. The number of para-hydroxylation sites is 2. The number of pyridine rings is 1. The van der Waals surface area contributed by atoms with Crippen molar-refractivity contribution in [2.24, 2.45) is 0 Å². The Kier molecular flexibility index (Phi) is 4.85. The highest BCUT2D eigenvalue weighted by molar-refractivity contribution is 6.05. The molecule has 3 rings (SSSR count). The van der Waals surface area contributed by atoms with E-state index in [4.69, 9.17) is 5.26 Å². The molecule has 7 heteroatoms. The number of rotatable bonds is 3. The van der Waals surface area contributed by atoms with Gasteiger partial charge in [-0.3, -0.25) is 9.59 Å². The lowest BCUT2D eigenvalue weighted by atomic mass is 10.1. The third kappa shape index (κ3) is 3.49. The number of amides is 2. The molecule has 0 saturated heterocycles. The number of carbonyl (C=O) groups is 2. The zero-order valence-corrected chi connectivity index (χ0v) is 14.6. The van der Waals surface area contributed by atoms with Crippen molar-refractivity contribution < 1.29 is 9.59 Å². The molecule has 0 fully saturated rings. The molecular weight excluding hydrogens is 330 g/mol. The summed E-state index contributed by atoms with van der Waals surface area (Å²) in [4.78, 5) is 32.6. The first-order valence-electron chi connectivity index (χ1n) is 8.28. The Morgan fingerprint density at radius 2 is 2.15 bits per heavy atom. The van der Waals surface area contributed by atoms with E-state index >= 15 is 0 Å². The molecule has 1 aliphatic heterocycles. The summed E-state index contributed by atoms with van der Waals surface area (Å²) >= 11 is 0. The fraction of sp³-hybridized carbons (Fsp3) is 0.263. The molecule has 0 bridgehead atoms. The van der Waals surface area contributed by atoms with E-state index in [-0.39, 0.29) is 30.8 Å². The van der Waals surface area contributed by atoms with Gasteiger partial charge in [-0.05, 0) is 31.2 Å². The van der Waals surface area contributed by atoms with Crippen LogP contribution in [0.25, 0.3) is 0 Å². The maximum absolute atomic E-state index is 13.0. The number of carbonyl (C=O) groups excluding carboxylic acids is 2. The van der Waals surface area contributed by atoms with E-state index in [2.05, 4.69) is 10.3 Å². The number of nitriles is 1. The Balaban J connectivity index is 1.83. The average Bonchev–Trinajstić information content (AvgIpc) is 2.75. The molecule has 1 atom stereocenters. The molecule has 0 radical (unpaired) electrons. The molecule has 0 aliphatic carbocycles. The van der Waals surface area contributed by atoms with Gasteiger partial charge in [-0.1, -0.05) is 12.1 Å². The van der Waals surface area contributed by atoms with Gasteiger partial charge in [0, 0.05) is 25.7 Å². The second-order valence-corrected chi connectivity index (χ2v) is 6.26. The molecule has 0 saturated carbocycles. The normalized spacial score (nSPS) is 16.1. The highest BCUT2D eigenvalue weighted by atomic mass is 16.2. The number of nitrogens with one attached hydrogen (secondary N) is 1. The van der Waals surface area contributed by atoms with E-state index in [1.165, 1.54) is 6.20 Å². The Labute approximate surface area is 151 Å². The quantitative estimate of drug-likeness (QED) is 0.917. The second-order valence-electron chi connectivity index (χ2n) is 6.26. The van der Waals surface area contributed by atoms with Gasteiger partial charge in [0.25, 0.3) is 0 Å². The molecule has 1 aromatic carbocycles. The van der Waals surface area contributed by atoms with Gasteiger partial charge >= 0.3 is 0 Å². The first-order valence-corrected chi connectivity index (χ1v) is 8.28. The Bertz CT molecular complexity index is 872. The highest BCUT2D eigenvalue weighted by Crippen LogP contribution is 2.31. The van der Waals surface area contributed by atoms with Gasteiger partial charge in [0.2, 0.25) is 11.8 Å². The fourth-order valence-corrected chi connectivity index (χ4v) is 3.01. The number of hydrogen-bond acceptors (Lipinski definition) is 5. The molecular formula is C19H19N5O2. The fourth-order valence-electron chi connectivity index (χ4n) is 3.01. The molecule has 2 heterocycles. The number of nitrogens with zero attached hydrogens (tertiary/aromatic N) is 4. The zero-order valence-electron chi connectivity index (χ0n) is 14.6. The monoisotopic (exact) mass is 349 g/mol. The van der Waals surface area contributed by atoms with Crippen molar-refractivity contribution >= 4 is 29.0 Å². The van der Waals surface area contributed by atoms with Gasteiger partial charge in [0.05, 0.1) is 23.5 Å². The number of benzene rings is 1. The molecule has 132 valence electrons. The zero-order chi connectivity index (χ0) is 18.7. The lowest BCUT2D eigenvalue weighted by molar-refractivity contribution is -0.118. The summed E-state index contributed by atoms with van der Waals surface area (Å²) in [5.41, 5.74) is 1.79. The predicted octanol–water partition coefficient (Wildman–Crippen LogP) is 2.15. The molecule has 1 N–H and O–H groups in total. The summed E-state index contributed by atoms with van der Waals surface area (Å²) in [5, 5.41) is 11.7. The summed E-state index contributed by atoms with van der Waals surface area (Å²) < 4.78 is 0. The number of likely N-dealkylation sites (N-methyl/N-ethyl adjacent to an activating group) is 1. The van der Waals surface area contributed by atoms with Crippen LogP contribution in [0.3, 0.4) is 0 Å². The van der Waals surface area contributed by atoms with Gasteiger partial charge in [-0.25, -0.2) is 4.98 Å². The molecule has 2 amide bonds. The topological polar surface area (TPSA) is 89.3 Å². The second kappa shape index (κ2) is 7.23. The molecule has 7 nitrogen and oxygen atoms in total. The van der Waals surface area contributed by atoms with Crippen molar-refractivity contribution in [2.45, 2.75) is 19.4 Å². The van der Waals surface area contributed by atoms with Crippen LogP contribution in [0.15, 0.2) is 42.6 Å². The minimum Gasteiger partial charge on any atom is -0.350 e. The van der Waals surface area contributed by atoms with Crippen LogP contribution in [0, 0.1) is 11.3 Å². The number of hydrogen-bond donors (Lipinski definition) is 1. The molecule has 1 aliphatic rings. The first-order chi connectivity index (χ1) is 12.5. The van der Waals surface area contributed by atoms with E-state index < -0.39 is 0 Å². The Morgan fingerprint density at radius 1 is 1.38 bits per heavy atom. The summed E-state index contributed by atoms with van der Waals surface area (Å²) in [6.07, 6.45) is 1.71. The van der Waals surface area contributed by atoms with Gasteiger partial charge in [-0.15, -0.1) is 0 Å². The van der Waals surface area contributed by atoms with Crippen LogP contribution in [0.5, 0.6) is 0 Å². The van der Waals surface area contributed by atoms with E-state index in [9.17, 15) is 9.59 Å². The van der Waals surface area contributed by atoms with Crippen molar-refractivity contribution in [3.05, 3.63) is 48.2 Å². The van der Waals surface area contributed by atoms with Gasteiger partial charge in [0.15, 0.2) is 0 Å². The lowest BCUT2D eigenvalue weighted by Crippen LogP contribution is -2.44. The predicted molar refractivity (Wildman–Crippen MR) is 98.9 cm³/mol. The average molecular weight is 349 g/mol. The molecule has 26 heavy (non-hydrogen) atoms. The van der Waals surface area contributed by atoms with Crippen molar-refractivity contribution in [3.8, 4) is 6.07 Å². The van der Waals surface area contributed by atoms with E-state index in [0.29, 0.717) is 22.8 Å². The smallest absolute Gasteiger partial charge is 0.246 e. The largest absolute Gasteiger partial charge is 0.350 e. The molecule has 0 unspecified atom stereocenters. The number of anilines is 3. The third-order valence-electron chi connectivity index (χ3n) is 4.27. The summed E-state index contributed by atoms with van der Waals surface area (Å²) in [7, 11) is 1.77. The Morgan fingerprint density at radius 3 is 2.85 bits per heavy atom.